The van der Waals surface area contributed by atoms with Crippen LogP contribution in [-0.2, 0) is 9.84 Å². The van der Waals surface area contributed by atoms with Crippen LogP contribution >= 0.6 is 0 Å². The number of hydrogen-bond acceptors (Lipinski definition) is 4. The first-order valence-corrected chi connectivity index (χ1v) is 6.75. The third kappa shape index (κ3) is 1.06. The van der Waals surface area contributed by atoms with Crippen LogP contribution in [0.5, 0.6) is 5.75 Å². The number of hydrogen-bond donors (Lipinski definition) is 1. The summed E-state index contributed by atoms with van der Waals surface area (Å²) in [7, 11) is -1.74. The molecule has 0 amide bonds. The number of rotatable bonds is 1. The number of nitrogens with one attached hydrogen (secondary N) is 1. The number of anilines is 1. The molecular weight excluding hydrogens is 226 g/mol. The van der Waals surface area contributed by atoms with Gasteiger partial charge in [-0.1, -0.05) is 6.07 Å². The summed E-state index contributed by atoms with van der Waals surface area (Å²) in [5, 5.41) is 3.19. The lowest BCUT2D eigenvalue weighted by atomic mass is 10.2. The zero-order valence-corrected chi connectivity index (χ0v) is 9.80. The molecule has 1 heterocycles. The summed E-state index contributed by atoms with van der Waals surface area (Å²) in [6.07, 6.45) is 1.50. The molecule has 86 valence electrons. The summed E-state index contributed by atoms with van der Waals surface area (Å²) in [6, 6.07) is 5.27. The van der Waals surface area contributed by atoms with E-state index in [2.05, 4.69) is 5.32 Å². The molecule has 0 bridgehead atoms. The topological polar surface area (TPSA) is 55.4 Å². The van der Waals surface area contributed by atoms with Gasteiger partial charge in [-0.3, -0.25) is 0 Å². The third-order valence-corrected chi connectivity index (χ3v) is 6.10. The Hall–Kier alpha value is -1.23. The number of fused-ring (bicyclic) bond motifs is 1. The van der Waals surface area contributed by atoms with Gasteiger partial charge in [-0.25, -0.2) is 8.42 Å². The number of ether oxygens (including phenoxy) is 1. The number of benzene rings is 1. The molecule has 1 aromatic rings. The minimum atomic E-state index is -3.24. The average molecular weight is 239 g/mol. The Morgan fingerprint density at radius 1 is 1.38 bits per heavy atom. The van der Waals surface area contributed by atoms with E-state index in [1.807, 2.05) is 0 Å². The molecule has 5 heteroatoms. The number of sulfone groups is 1. The SMILES string of the molecule is COc1cccc2c1S(=O)(=O)C1(CC1)CN2. The molecular formula is C11H13NO3S. The largest absolute Gasteiger partial charge is 0.495 e. The van der Waals surface area contributed by atoms with E-state index in [0.717, 1.165) is 12.8 Å². The Balaban J connectivity index is 2.28. The second-order valence-corrected chi connectivity index (χ2v) is 6.66. The fourth-order valence-corrected chi connectivity index (χ4v) is 4.43. The van der Waals surface area contributed by atoms with E-state index >= 15 is 0 Å². The van der Waals surface area contributed by atoms with Crippen LogP contribution in [0.1, 0.15) is 12.8 Å². The molecule has 1 saturated carbocycles. The first-order valence-electron chi connectivity index (χ1n) is 5.26. The van der Waals surface area contributed by atoms with Crippen LogP contribution in [0, 0.1) is 0 Å². The van der Waals surface area contributed by atoms with Crippen molar-refractivity contribution in [2.24, 2.45) is 0 Å². The van der Waals surface area contributed by atoms with Crippen molar-refractivity contribution in [2.45, 2.75) is 22.5 Å². The minimum absolute atomic E-state index is 0.334. The summed E-state index contributed by atoms with van der Waals surface area (Å²) in [5.74, 6) is 0.441. The van der Waals surface area contributed by atoms with Crippen molar-refractivity contribution >= 4 is 15.5 Å². The van der Waals surface area contributed by atoms with E-state index in [4.69, 9.17) is 4.74 Å². The van der Waals surface area contributed by atoms with Gasteiger partial charge in [0.05, 0.1) is 17.5 Å². The summed E-state index contributed by atoms with van der Waals surface area (Å²) in [4.78, 5) is 0.334. The van der Waals surface area contributed by atoms with E-state index < -0.39 is 14.6 Å². The number of methoxy groups -OCH3 is 1. The van der Waals surface area contributed by atoms with Crippen molar-refractivity contribution in [3.8, 4) is 5.75 Å². The molecule has 1 aromatic carbocycles. The van der Waals surface area contributed by atoms with Crippen LogP contribution in [0.15, 0.2) is 23.1 Å². The highest BCUT2D eigenvalue weighted by Crippen LogP contribution is 2.52. The molecule has 1 aliphatic carbocycles. The second kappa shape index (κ2) is 2.91. The monoisotopic (exact) mass is 239 g/mol. The van der Waals surface area contributed by atoms with Gasteiger partial charge in [-0.05, 0) is 25.0 Å². The van der Waals surface area contributed by atoms with Gasteiger partial charge in [0.15, 0.2) is 9.84 Å². The van der Waals surface area contributed by atoms with Crippen LogP contribution < -0.4 is 10.1 Å². The predicted octanol–water partition coefficient (Wildman–Crippen LogP) is 1.43. The molecule has 0 radical (unpaired) electrons. The smallest absolute Gasteiger partial charge is 0.191 e. The Labute approximate surface area is 94.5 Å². The molecule has 1 N–H and O–H groups in total. The van der Waals surface area contributed by atoms with Gasteiger partial charge in [0.2, 0.25) is 0 Å². The van der Waals surface area contributed by atoms with Gasteiger partial charge in [-0.2, -0.15) is 0 Å². The zero-order valence-electron chi connectivity index (χ0n) is 8.99. The Kier molecular flexibility index (Phi) is 1.81. The molecule has 1 aliphatic heterocycles. The summed E-state index contributed by atoms with van der Waals surface area (Å²) < 4.78 is 29.5. The van der Waals surface area contributed by atoms with Gasteiger partial charge in [0.1, 0.15) is 10.6 Å². The minimum Gasteiger partial charge on any atom is -0.495 e. The second-order valence-electron chi connectivity index (χ2n) is 4.38. The van der Waals surface area contributed by atoms with Crippen LogP contribution in [-0.4, -0.2) is 26.8 Å². The summed E-state index contributed by atoms with van der Waals surface area (Å²) in [6.45, 7) is 0.523. The van der Waals surface area contributed by atoms with Crippen molar-refractivity contribution in [1.82, 2.24) is 0 Å². The normalized spacial score (nSPS) is 23.3. The fraction of sp³-hybridized carbons (Fsp3) is 0.455. The maximum absolute atomic E-state index is 12.4. The molecule has 4 nitrogen and oxygen atoms in total. The molecule has 2 aliphatic rings. The lowest BCUT2D eigenvalue weighted by molar-refractivity contribution is 0.402. The molecule has 3 rings (SSSR count). The zero-order chi connectivity index (χ0) is 11.4. The lowest BCUT2D eigenvalue weighted by Gasteiger charge is -2.27. The first kappa shape index (κ1) is 9.96. The van der Waals surface area contributed by atoms with Gasteiger partial charge in [0.25, 0.3) is 0 Å². The quantitative estimate of drug-likeness (QED) is 0.805. The molecule has 0 aromatic heterocycles. The Bertz CT molecular complexity index is 532. The van der Waals surface area contributed by atoms with Gasteiger partial charge >= 0.3 is 0 Å². The lowest BCUT2D eigenvalue weighted by Crippen LogP contribution is -2.36. The van der Waals surface area contributed by atoms with Gasteiger partial charge < -0.3 is 10.1 Å². The third-order valence-electron chi connectivity index (χ3n) is 3.45. The average Bonchev–Trinajstić information content (AvgIpc) is 3.05. The molecule has 0 saturated heterocycles. The fourth-order valence-electron chi connectivity index (χ4n) is 2.25. The van der Waals surface area contributed by atoms with Crippen LogP contribution in [0.3, 0.4) is 0 Å². The Morgan fingerprint density at radius 2 is 2.12 bits per heavy atom. The van der Waals surface area contributed by atoms with E-state index in [0.29, 0.717) is 22.9 Å². The highest BCUT2D eigenvalue weighted by atomic mass is 32.2. The highest BCUT2D eigenvalue weighted by molar-refractivity contribution is 7.93. The molecule has 1 fully saturated rings. The molecule has 16 heavy (non-hydrogen) atoms. The van der Waals surface area contributed by atoms with Crippen LogP contribution in [0.4, 0.5) is 5.69 Å². The standard InChI is InChI=1S/C11H13NO3S/c1-15-9-4-2-3-8-10(9)16(13,14)11(5-6-11)7-12-8/h2-4,12H,5-7H2,1H3. The van der Waals surface area contributed by atoms with E-state index in [1.165, 1.54) is 7.11 Å². The summed E-state index contributed by atoms with van der Waals surface area (Å²) >= 11 is 0. The van der Waals surface area contributed by atoms with Gasteiger partial charge in [0, 0.05) is 6.54 Å². The van der Waals surface area contributed by atoms with Crippen molar-refractivity contribution < 1.29 is 13.2 Å². The maximum atomic E-state index is 12.4. The molecule has 0 unspecified atom stereocenters. The van der Waals surface area contributed by atoms with E-state index in [-0.39, 0.29) is 0 Å². The van der Waals surface area contributed by atoms with Gasteiger partial charge in [-0.15, -0.1) is 0 Å². The van der Waals surface area contributed by atoms with Crippen LogP contribution in [0.2, 0.25) is 0 Å². The van der Waals surface area contributed by atoms with Crippen LogP contribution in [0.25, 0.3) is 0 Å². The van der Waals surface area contributed by atoms with Crippen molar-refractivity contribution in [2.75, 3.05) is 19.0 Å². The Morgan fingerprint density at radius 3 is 2.75 bits per heavy atom. The molecule has 1 spiro atoms. The first-order chi connectivity index (χ1) is 7.61. The van der Waals surface area contributed by atoms with Crippen molar-refractivity contribution in [3.05, 3.63) is 18.2 Å². The van der Waals surface area contributed by atoms with Crippen molar-refractivity contribution in [1.29, 1.82) is 0 Å². The predicted molar refractivity (Wildman–Crippen MR) is 60.6 cm³/mol. The van der Waals surface area contributed by atoms with E-state index in [9.17, 15) is 8.42 Å². The summed E-state index contributed by atoms with van der Waals surface area (Å²) in [5.41, 5.74) is 0.664. The van der Waals surface area contributed by atoms with Crippen molar-refractivity contribution in [3.63, 3.8) is 0 Å². The van der Waals surface area contributed by atoms with E-state index in [1.54, 1.807) is 18.2 Å². The molecule has 0 atom stereocenters. The highest BCUT2D eigenvalue weighted by Gasteiger charge is 2.58. The maximum Gasteiger partial charge on any atom is 0.191 e.